The van der Waals surface area contributed by atoms with Crippen LogP contribution in [0.5, 0.6) is 0 Å². The summed E-state index contributed by atoms with van der Waals surface area (Å²) in [5.41, 5.74) is -0.269. The molecule has 0 radical (unpaired) electrons. The van der Waals surface area contributed by atoms with E-state index in [1.54, 1.807) is 6.92 Å². The monoisotopic (exact) mass is 384 g/mol. The van der Waals surface area contributed by atoms with Crippen molar-refractivity contribution < 1.29 is 14.1 Å². The maximum atomic E-state index is 12.3. The van der Waals surface area contributed by atoms with Crippen molar-refractivity contribution in [2.75, 3.05) is 5.32 Å². The number of amides is 1. The molecule has 0 fully saturated rings. The summed E-state index contributed by atoms with van der Waals surface area (Å²) < 4.78 is 5.54. The lowest BCUT2D eigenvalue weighted by Crippen LogP contribution is -2.22. The van der Waals surface area contributed by atoms with Crippen LogP contribution in [0.2, 0.25) is 5.02 Å². The Morgan fingerprint density at radius 1 is 1.40 bits per heavy atom. The number of halogens is 1. The Bertz CT molecular complexity index is 803. The number of carbonyl (C=O) groups is 1. The molecule has 0 saturated heterocycles. The molecule has 0 spiro atoms. The Morgan fingerprint density at radius 3 is 2.64 bits per heavy atom. The minimum atomic E-state index is -0.566. The topological polar surface area (TPSA) is 111 Å². The number of benzene rings is 1. The lowest BCUT2D eigenvalue weighted by Gasteiger charge is -2.12. The van der Waals surface area contributed by atoms with Crippen LogP contribution >= 0.6 is 23.4 Å². The van der Waals surface area contributed by atoms with E-state index in [1.165, 1.54) is 18.2 Å². The van der Waals surface area contributed by atoms with Crippen molar-refractivity contribution in [2.45, 2.75) is 43.6 Å². The number of hydrogen-bond acceptors (Lipinski definition) is 7. The smallest absolute Gasteiger partial charge is 0.277 e. The first-order valence-electron chi connectivity index (χ1n) is 7.33. The van der Waals surface area contributed by atoms with Crippen molar-refractivity contribution in [1.29, 1.82) is 0 Å². The highest BCUT2D eigenvalue weighted by atomic mass is 35.5. The van der Waals surface area contributed by atoms with Gasteiger partial charge < -0.3 is 9.73 Å². The minimum Gasteiger partial charge on any atom is -0.415 e. The molecule has 8 nitrogen and oxygen atoms in total. The zero-order chi connectivity index (χ0) is 18.8. The Morgan fingerprint density at radius 2 is 2.08 bits per heavy atom. The number of thioether (sulfide) groups is 1. The summed E-state index contributed by atoms with van der Waals surface area (Å²) in [5, 5.41) is 21.2. The largest absolute Gasteiger partial charge is 0.415 e. The Labute approximate surface area is 153 Å². The van der Waals surface area contributed by atoms with E-state index in [0.717, 1.165) is 11.8 Å². The fraction of sp³-hybridized carbons (Fsp3) is 0.400. The lowest BCUT2D eigenvalue weighted by molar-refractivity contribution is -0.384. The Kier molecular flexibility index (Phi) is 5.69. The van der Waals surface area contributed by atoms with Gasteiger partial charge in [-0.1, -0.05) is 44.1 Å². The molecule has 1 atom stereocenters. The van der Waals surface area contributed by atoms with Crippen LogP contribution in [-0.4, -0.2) is 26.3 Å². The van der Waals surface area contributed by atoms with Crippen molar-refractivity contribution in [3.8, 4) is 0 Å². The third kappa shape index (κ3) is 4.93. The molecule has 0 saturated carbocycles. The summed E-state index contributed by atoms with van der Waals surface area (Å²) >= 11 is 7.07. The molecule has 0 aliphatic carbocycles. The molecule has 1 unspecified atom stereocenters. The van der Waals surface area contributed by atoms with Gasteiger partial charge in [-0.3, -0.25) is 14.9 Å². The van der Waals surface area contributed by atoms with E-state index in [0.29, 0.717) is 5.89 Å². The number of rotatable bonds is 5. The summed E-state index contributed by atoms with van der Waals surface area (Å²) in [6, 6.07) is 3.84. The summed E-state index contributed by atoms with van der Waals surface area (Å²) in [4.78, 5) is 22.6. The highest BCUT2D eigenvalue weighted by Crippen LogP contribution is 2.30. The fourth-order valence-electron chi connectivity index (χ4n) is 1.72. The van der Waals surface area contributed by atoms with Crippen molar-refractivity contribution in [3.05, 3.63) is 39.2 Å². The number of aromatic nitrogens is 2. The zero-order valence-electron chi connectivity index (χ0n) is 14.1. The van der Waals surface area contributed by atoms with E-state index in [1.807, 2.05) is 20.8 Å². The van der Waals surface area contributed by atoms with Gasteiger partial charge in [-0.05, 0) is 13.0 Å². The normalized spacial score (nSPS) is 12.7. The van der Waals surface area contributed by atoms with Gasteiger partial charge in [0, 0.05) is 17.5 Å². The highest BCUT2D eigenvalue weighted by Gasteiger charge is 2.24. The van der Waals surface area contributed by atoms with Crippen molar-refractivity contribution >= 4 is 40.6 Å². The number of anilines is 1. The van der Waals surface area contributed by atoms with Crippen LogP contribution in [0.1, 0.15) is 33.6 Å². The van der Waals surface area contributed by atoms with Gasteiger partial charge in [-0.25, -0.2) is 0 Å². The molecule has 1 aromatic carbocycles. The SMILES string of the molecule is CC(Sc1nnc(C(C)(C)C)o1)C(=O)Nc1cc([N+](=O)[O-])ccc1Cl. The summed E-state index contributed by atoms with van der Waals surface area (Å²) in [5.74, 6) is 0.0900. The van der Waals surface area contributed by atoms with Crippen LogP contribution in [0.15, 0.2) is 27.8 Å². The first-order valence-corrected chi connectivity index (χ1v) is 8.59. The van der Waals surface area contributed by atoms with E-state index in [2.05, 4.69) is 15.5 Å². The van der Waals surface area contributed by atoms with Crippen molar-refractivity contribution in [1.82, 2.24) is 10.2 Å². The van der Waals surface area contributed by atoms with Crippen LogP contribution in [-0.2, 0) is 10.2 Å². The molecule has 134 valence electrons. The molecule has 25 heavy (non-hydrogen) atoms. The first-order chi connectivity index (χ1) is 11.6. The summed E-state index contributed by atoms with van der Waals surface area (Å²) in [6.07, 6.45) is 0. The van der Waals surface area contributed by atoms with Crippen LogP contribution in [0.25, 0.3) is 0 Å². The number of nitrogens with zero attached hydrogens (tertiary/aromatic N) is 3. The lowest BCUT2D eigenvalue weighted by atomic mass is 9.97. The molecule has 2 aromatic rings. The average Bonchev–Trinajstić information content (AvgIpc) is 2.97. The van der Waals surface area contributed by atoms with Crippen LogP contribution < -0.4 is 5.32 Å². The standard InChI is InChI=1S/C15H17ClN4O4S/c1-8(25-14-19-18-13(24-14)15(2,3)4)12(21)17-11-7-9(20(22)23)5-6-10(11)16/h5-8H,1-4H3,(H,17,21). The molecule has 2 rings (SSSR count). The number of non-ortho nitro benzene ring substituents is 1. The van der Waals surface area contributed by atoms with Gasteiger partial charge >= 0.3 is 0 Å². The van der Waals surface area contributed by atoms with E-state index in [4.69, 9.17) is 16.0 Å². The number of hydrogen-bond donors (Lipinski definition) is 1. The molecule has 0 aliphatic heterocycles. The van der Waals surface area contributed by atoms with Crippen LogP contribution in [0.3, 0.4) is 0 Å². The molecule has 0 bridgehead atoms. The molecular weight excluding hydrogens is 368 g/mol. The van der Waals surface area contributed by atoms with Crippen molar-refractivity contribution in [3.63, 3.8) is 0 Å². The van der Waals surface area contributed by atoms with Gasteiger partial charge in [0.1, 0.15) is 0 Å². The number of nitro benzene ring substituents is 1. The van der Waals surface area contributed by atoms with Crippen LogP contribution in [0, 0.1) is 10.1 Å². The van der Waals surface area contributed by atoms with E-state index >= 15 is 0 Å². The average molecular weight is 385 g/mol. The highest BCUT2D eigenvalue weighted by molar-refractivity contribution is 8.00. The second-order valence-electron chi connectivity index (χ2n) is 6.29. The Hall–Kier alpha value is -2.13. The second kappa shape index (κ2) is 7.40. The molecule has 1 amide bonds. The van der Waals surface area contributed by atoms with Crippen LogP contribution in [0.4, 0.5) is 11.4 Å². The maximum absolute atomic E-state index is 12.3. The third-order valence-electron chi connectivity index (χ3n) is 3.11. The van der Waals surface area contributed by atoms with Gasteiger partial charge in [0.2, 0.25) is 11.8 Å². The first kappa shape index (κ1) is 19.2. The molecule has 0 aliphatic rings. The predicted molar refractivity (Wildman–Crippen MR) is 95.1 cm³/mol. The van der Waals surface area contributed by atoms with E-state index in [-0.39, 0.29) is 32.9 Å². The Balaban J connectivity index is 2.07. The van der Waals surface area contributed by atoms with Crippen molar-refractivity contribution in [2.24, 2.45) is 0 Å². The summed E-state index contributed by atoms with van der Waals surface area (Å²) in [7, 11) is 0. The number of carbonyl (C=O) groups excluding carboxylic acids is 1. The third-order valence-corrected chi connectivity index (χ3v) is 4.38. The maximum Gasteiger partial charge on any atom is 0.277 e. The number of nitro groups is 1. The van der Waals surface area contributed by atoms with E-state index in [9.17, 15) is 14.9 Å². The van der Waals surface area contributed by atoms with Gasteiger partial charge in [-0.2, -0.15) is 0 Å². The molecular formula is C15H17ClN4O4S. The van der Waals surface area contributed by atoms with Gasteiger partial charge in [0.15, 0.2) is 0 Å². The molecule has 1 heterocycles. The second-order valence-corrected chi connectivity index (χ2v) is 7.99. The summed E-state index contributed by atoms with van der Waals surface area (Å²) in [6.45, 7) is 7.48. The molecule has 1 aromatic heterocycles. The quantitative estimate of drug-likeness (QED) is 0.470. The van der Waals surface area contributed by atoms with Gasteiger partial charge in [0.25, 0.3) is 10.9 Å². The predicted octanol–water partition coefficient (Wildman–Crippen LogP) is 4.05. The van der Waals surface area contributed by atoms with E-state index < -0.39 is 10.2 Å². The number of nitrogens with one attached hydrogen (secondary N) is 1. The molecule has 10 heteroatoms. The molecule has 1 N–H and O–H groups in total. The van der Waals surface area contributed by atoms with Gasteiger partial charge in [-0.15, -0.1) is 10.2 Å². The zero-order valence-corrected chi connectivity index (χ0v) is 15.6. The fourth-order valence-corrected chi connectivity index (χ4v) is 2.57. The van der Waals surface area contributed by atoms with Gasteiger partial charge in [0.05, 0.1) is 20.9 Å². The minimum absolute atomic E-state index is 0.160.